The van der Waals surface area contributed by atoms with E-state index in [2.05, 4.69) is 20.5 Å². The number of halogens is 1. The zero-order chi connectivity index (χ0) is 13.4. The molecule has 1 saturated carbocycles. The third-order valence-corrected chi connectivity index (χ3v) is 3.07. The zero-order valence-electron chi connectivity index (χ0n) is 10.2. The Hall–Kier alpha value is -2.02. The van der Waals surface area contributed by atoms with Gasteiger partial charge in [-0.15, -0.1) is 5.10 Å². The largest absolute Gasteiger partial charge is 0.466 e. The van der Waals surface area contributed by atoms with Gasteiger partial charge in [-0.2, -0.15) is 4.98 Å². The molecule has 7 nitrogen and oxygen atoms in total. The normalized spacial score (nSPS) is 14.4. The lowest BCUT2D eigenvalue weighted by Crippen LogP contribution is -2.17. The number of hydrogen-bond donors (Lipinski definition) is 2. The zero-order valence-corrected chi connectivity index (χ0v) is 10.9. The van der Waals surface area contributed by atoms with E-state index in [0.29, 0.717) is 16.8 Å². The highest BCUT2D eigenvalue weighted by Gasteiger charge is 2.28. The Balaban J connectivity index is 1.79. The molecule has 0 unspecified atom stereocenters. The molecule has 0 radical (unpaired) electrons. The first kappa shape index (κ1) is 12.0. The van der Waals surface area contributed by atoms with Gasteiger partial charge in [0.15, 0.2) is 0 Å². The molecular weight excluding hydrogens is 270 g/mol. The van der Waals surface area contributed by atoms with E-state index >= 15 is 0 Å². The number of amides is 1. The summed E-state index contributed by atoms with van der Waals surface area (Å²) in [6, 6.07) is 2.19. The Morgan fingerprint density at radius 1 is 1.63 bits per heavy atom. The van der Waals surface area contributed by atoms with Crippen molar-refractivity contribution >= 4 is 23.5 Å². The fourth-order valence-corrected chi connectivity index (χ4v) is 2.06. The highest BCUT2D eigenvalue weighted by Crippen LogP contribution is 2.37. The number of H-pyrrole nitrogens is 1. The van der Waals surface area contributed by atoms with E-state index in [1.54, 1.807) is 12.3 Å². The average molecular weight is 282 g/mol. The predicted molar refractivity (Wildman–Crippen MR) is 68.6 cm³/mol. The van der Waals surface area contributed by atoms with Crippen molar-refractivity contribution in [2.45, 2.75) is 18.9 Å². The van der Waals surface area contributed by atoms with Crippen molar-refractivity contribution < 1.29 is 9.53 Å². The number of nitrogens with zero attached hydrogens (tertiary/aromatic N) is 3. The van der Waals surface area contributed by atoms with E-state index in [-0.39, 0.29) is 17.9 Å². The van der Waals surface area contributed by atoms with E-state index in [9.17, 15) is 4.79 Å². The fourth-order valence-electron chi connectivity index (χ4n) is 1.85. The van der Waals surface area contributed by atoms with E-state index in [0.717, 1.165) is 12.8 Å². The summed E-state index contributed by atoms with van der Waals surface area (Å²) in [7, 11) is 1.45. The maximum atomic E-state index is 12.2. The van der Waals surface area contributed by atoms with Crippen LogP contribution in [0, 0.1) is 0 Å². The van der Waals surface area contributed by atoms with E-state index in [4.69, 9.17) is 16.3 Å². The summed E-state index contributed by atoms with van der Waals surface area (Å²) in [6.07, 6.45) is 3.91. The first-order valence-corrected chi connectivity index (χ1v) is 6.20. The van der Waals surface area contributed by atoms with Gasteiger partial charge in [-0.1, -0.05) is 11.6 Å². The highest BCUT2D eigenvalue weighted by atomic mass is 35.5. The minimum atomic E-state index is -0.280. The van der Waals surface area contributed by atoms with Crippen molar-refractivity contribution in [2.24, 2.45) is 0 Å². The molecule has 2 N–H and O–H groups in total. The van der Waals surface area contributed by atoms with Crippen LogP contribution in [0.4, 0.5) is 5.95 Å². The van der Waals surface area contributed by atoms with Gasteiger partial charge in [-0.05, 0) is 18.9 Å². The number of anilines is 1. The van der Waals surface area contributed by atoms with Crippen LogP contribution in [0.1, 0.15) is 29.4 Å². The number of nitrogens with one attached hydrogen (secondary N) is 2. The van der Waals surface area contributed by atoms with Gasteiger partial charge in [0.2, 0.25) is 5.95 Å². The van der Waals surface area contributed by atoms with Crippen LogP contribution in [0.15, 0.2) is 12.3 Å². The molecule has 0 atom stereocenters. The Morgan fingerprint density at radius 2 is 2.42 bits per heavy atom. The molecular formula is C11H12ClN5O2. The number of ether oxygens (including phenoxy) is 1. The number of aromatic amines is 1. The summed E-state index contributed by atoms with van der Waals surface area (Å²) in [5, 5.41) is 9.49. The van der Waals surface area contributed by atoms with Crippen LogP contribution in [-0.2, 0) is 0 Å². The first-order valence-electron chi connectivity index (χ1n) is 5.82. The number of carbonyl (C=O) groups excluding carboxylic acids is 1. The standard InChI is InChI=1S/C11H12ClN5O2/c1-19-11-14-10(15-16-11)13-9(18)8-4-6(12)5-17(8)7-2-3-7/h4-5,7H,2-3H2,1H3,(H2,13,14,15,16,18). The Kier molecular flexibility index (Phi) is 2.90. The van der Waals surface area contributed by atoms with Gasteiger partial charge in [-0.3, -0.25) is 10.1 Å². The van der Waals surface area contributed by atoms with Crippen molar-refractivity contribution in [2.75, 3.05) is 12.4 Å². The Bertz CT molecular complexity index is 616. The van der Waals surface area contributed by atoms with Crippen LogP contribution in [-0.4, -0.2) is 32.8 Å². The van der Waals surface area contributed by atoms with Gasteiger partial charge in [0.05, 0.1) is 12.1 Å². The van der Waals surface area contributed by atoms with Crippen LogP contribution < -0.4 is 10.1 Å². The molecule has 2 aromatic rings. The van der Waals surface area contributed by atoms with Gasteiger partial charge < -0.3 is 9.30 Å². The summed E-state index contributed by atoms with van der Waals surface area (Å²) < 4.78 is 6.72. The highest BCUT2D eigenvalue weighted by molar-refractivity contribution is 6.31. The summed E-state index contributed by atoms with van der Waals surface area (Å²) in [5.74, 6) is -0.0425. The van der Waals surface area contributed by atoms with Gasteiger partial charge in [0.1, 0.15) is 5.69 Å². The third-order valence-electron chi connectivity index (χ3n) is 2.87. The van der Waals surface area contributed by atoms with Crippen LogP contribution in [0.3, 0.4) is 0 Å². The minimum absolute atomic E-state index is 0.172. The molecule has 19 heavy (non-hydrogen) atoms. The molecule has 2 heterocycles. The van der Waals surface area contributed by atoms with Crippen molar-refractivity contribution in [3.05, 3.63) is 23.0 Å². The Morgan fingerprint density at radius 3 is 3.05 bits per heavy atom. The molecule has 1 aliphatic carbocycles. The Labute approximate surface area is 113 Å². The van der Waals surface area contributed by atoms with Gasteiger partial charge in [0.25, 0.3) is 5.91 Å². The molecule has 0 saturated heterocycles. The lowest BCUT2D eigenvalue weighted by molar-refractivity contribution is 0.101. The lowest BCUT2D eigenvalue weighted by atomic mass is 10.4. The molecule has 2 aromatic heterocycles. The first-order chi connectivity index (χ1) is 9.17. The minimum Gasteiger partial charge on any atom is -0.466 e. The second kappa shape index (κ2) is 4.58. The number of methoxy groups -OCH3 is 1. The van der Waals surface area contributed by atoms with Crippen molar-refractivity contribution in [1.82, 2.24) is 19.7 Å². The molecule has 0 aliphatic heterocycles. The van der Waals surface area contributed by atoms with Crippen LogP contribution in [0.25, 0.3) is 0 Å². The quantitative estimate of drug-likeness (QED) is 0.896. The van der Waals surface area contributed by atoms with Crippen molar-refractivity contribution in [3.63, 3.8) is 0 Å². The SMILES string of the molecule is COc1n[nH]c(NC(=O)c2cc(Cl)cn2C2CC2)n1. The van der Waals surface area contributed by atoms with E-state index < -0.39 is 0 Å². The second-order valence-electron chi connectivity index (χ2n) is 4.31. The fraction of sp³-hybridized carbons (Fsp3) is 0.364. The van der Waals surface area contributed by atoms with Crippen LogP contribution in [0.2, 0.25) is 5.02 Å². The average Bonchev–Trinajstić information content (AvgIpc) is 3.01. The van der Waals surface area contributed by atoms with Crippen molar-refractivity contribution in [1.29, 1.82) is 0 Å². The number of aromatic nitrogens is 4. The molecule has 0 aromatic carbocycles. The molecule has 0 spiro atoms. The van der Waals surface area contributed by atoms with Crippen molar-refractivity contribution in [3.8, 4) is 6.01 Å². The van der Waals surface area contributed by atoms with Gasteiger partial charge in [-0.25, -0.2) is 5.10 Å². The molecule has 3 rings (SSSR count). The van der Waals surface area contributed by atoms with Crippen LogP contribution >= 0.6 is 11.6 Å². The number of hydrogen-bond acceptors (Lipinski definition) is 4. The summed E-state index contributed by atoms with van der Waals surface area (Å²) in [5.41, 5.74) is 0.517. The smallest absolute Gasteiger partial charge is 0.336 e. The van der Waals surface area contributed by atoms with Gasteiger partial charge >= 0.3 is 6.01 Å². The molecule has 0 bridgehead atoms. The van der Waals surface area contributed by atoms with Crippen LogP contribution in [0.5, 0.6) is 6.01 Å². The molecule has 1 amide bonds. The second-order valence-corrected chi connectivity index (χ2v) is 4.74. The topological polar surface area (TPSA) is 84.8 Å². The van der Waals surface area contributed by atoms with E-state index in [1.807, 2.05) is 4.57 Å². The maximum Gasteiger partial charge on any atom is 0.336 e. The van der Waals surface area contributed by atoms with Gasteiger partial charge in [0, 0.05) is 12.2 Å². The predicted octanol–water partition coefficient (Wildman–Crippen LogP) is 1.86. The lowest BCUT2D eigenvalue weighted by Gasteiger charge is -2.06. The van der Waals surface area contributed by atoms with E-state index in [1.165, 1.54) is 7.11 Å². The monoisotopic (exact) mass is 281 g/mol. The number of rotatable bonds is 4. The summed E-state index contributed by atoms with van der Waals surface area (Å²) >= 11 is 5.95. The summed E-state index contributed by atoms with van der Waals surface area (Å²) in [4.78, 5) is 16.1. The molecule has 100 valence electrons. The molecule has 1 fully saturated rings. The molecule has 1 aliphatic rings. The number of carbonyl (C=O) groups is 1. The molecule has 8 heteroatoms. The third kappa shape index (κ3) is 2.41. The maximum absolute atomic E-state index is 12.2. The summed E-state index contributed by atoms with van der Waals surface area (Å²) in [6.45, 7) is 0.